The Hall–Kier alpha value is -2.42. The van der Waals surface area contributed by atoms with Crippen molar-refractivity contribution < 1.29 is 4.74 Å². The lowest BCUT2D eigenvalue weighted by Gasteiger charge is -2.37. The van der Waals surface area contributed by atoms with E-state index in [1.165, 1.54) is 5.56 Å². The number of ether oxygens (including phenoxy) is 1. The second kappa shape index (κ2) is 7.43. The summed E-state index contributed by atoms with van der Waals surface area (Å²) < 4.78 is 6.49. The van der Waals surface area contributed by atoms with E-state index in [4.69, 9.17) is 10.5 Å². The van der Waals surface area contributed by atoms with Gasteiger partial charge in [-0.05, 0) is 29.2 Å². The van der Waals surface area contributed by atoms with Crippen molar-refractivity contribution in [1.82, 2.24) is 0 Å². The maximum Gasteiger partial charge on any atom is 0.144 e. The van der Waals surface area contributed by atoms with Crippen molar-refractivity contribution in [2.45, 2.75) is 12.5 Å². The quantitative estimate of drug-likeness (QED) is 0.689. The van der Waals surface area contributed by atoms with Crippen LogP contribution in [0.1, 0.15) is 22.3 Å². The molecule has 3 rings (SSSR count). The van der Waals surface area contributed by atoms with Crippen molar-refractivity contribution in [3.8, 4) is 0 Å². The molecule has 0 atom stereocenters. The van der Waals surface area contributed by atoms with Crippen LogP contribution in [0.15, 0.2) is 84.9 Å². The summed E-state index contributed by atoms with van der Waals surface area (Å²) in [5, 5.41) is 0. The smallest absolute Gasteiger partial charge is 0.144 e. The van der Waals surface area contributed by atoms with Crippen LogP contribution in [0, 0.1) is 6.92 Å². The van der Waals surface area contributed by atoms with Gasteiger partial charge in [-0.1, -0.05) is 84.9 Å². The first-order valence-electron chi connectivity index (χ1n) is 8.30. The average molecular weight is 317 g/mol. The maximum atomic E-state index is 6.49. The number of benzene rings is 3. The van der Waals surface area contributed by atoms with E-state index in [1.807, 2.05) is 12.1 Å². The molecule has 2 heteroatoms. The Morgan fingerprint density at radius 2 is 1.25 bits per heavy atom. The summed E-state index contributed by atoms with van der Waals surface area (Å²) in [6.07, 6.45) is 0. The van der Waals surface area contributed by atoms with Gasteiger partial charge in [-0.15, -0.1) is 0 Å². The molecule has 0 fully saturated rings. The molecular formula is C22H23NO. The van der Waals surface area contributed by atoms with Crippen LogP contribution in [0.4, 0.5) is 0 Å². The topological polar surface area (TPSA) is 35.2 Å². The zero-order valence-corrected chi connectivity index (χ0v) is 14.0. The summed E-state index contributed by atoms with van der Waals surface area (Å²) in [4.78, 5) is 0. The second-order valence-corrected chi connectivity index (χ2v) is 5.87. The molecule has 0 amide bonds. The maximum absolute atomic E-state index is 6.49. The van der Waals surface area contributed by atoms with E-state index in [9.17, 15) is 0 Å². The predicted molar refractivity (Wildman–Crippen MR) is 99.0 cm³/mol. The van der Waals surface area contributed by atoms with Crippen LogP contribution in [0.2, 0.25) is 0 Å². The molecule has 0 saturated heterocycles. The summed E-state index contributed by atoms with van der Waals surface area (Å²) in [5.74, 6) is 0. The van der Waals surface area contributed by atoms with Crippen molar-refractivity contribution in [1.29, 1.82) is 0 Å². The van der Waals surface area contributed by atoms with Crippen LogP contribution in [0.3, 0.4) is 0 Å². The Kier molecular flexibility index (Phi) is 5.09. The van der Waals surface area contributed by atoms with E-state index in [1.54, 1.807) is 0 Å². The first kappa shape index (κ1) is 16.4. The van der Waals surface area contributed by atoms with E-state index in [-0.39, 0.29) is 0 Å². The number of nitrogens with two attached hydrogens (primary N) is 1. The second-order valence-electron chi connectivity index (χ2n) is 5.87. The first-order valence-corrected chi connectivity index (χ1v) is 8.30. The lowest BCUT2D eigenvalue weighted by atomic mass is 9.78. The lowest BCUT2D eigenvalue weighted by Crippen LogP contribution is -2.35. The molecule has 0 spiro atoms. The third kappa shape index (κ3) is 2.99. The average Bonchev–Trinajstić information content (AvgIpc) is 2.65. The molecule has 0 aromatic heterocycles. The molecule has 2 nitrogen and oxygen atoms in total. The minimum absolute atomic E-state index is 0.479. The van der Waals surface area contributed by atoms with Gasteiger partial charge in [-0.25, -0.2) is 0 Å². The Morgan fingerprint density at radius 3 is 1.75 bits per heavy atom. The third-order valence-electron chi connectivity index (χ3n) is 4.32. The number of rotatable bonds is 6. The van der Waals surface area contributed by atoms with Gasteiger partial charge in [-0.3, -0.25) is 0 Å². The van der Waals surface area contributed by atoms with Crippen LogP contribution < -0.4 is 5.73 Å². The minimum Gasteiger partial charge on any atom is -0.360 e. The van der Waals surface area contributed by atoms with E-state index < -0.39 is 5.60 Å². The summed E-state index contributed by atoms with van der Waals surface area (Å²) >= 11 is 0. The van der Waals surface area contributed by atoms with Crippen molar-refractivity contribution in [3.63, 3.8) is 0 Å². The third-order valence-corrected chi connectivity index (χ3v) is 4.32. The molecule has 3 aromatic rings. The van der Waals surface area contributed by atoms with Gasteiger partial charge in [-0.2, -0.15) is 0 Å². The summed E-state index contributed by atoms with van der Waals surface area (Å²) in [6, 6.07) is 29.1. The van der Waals surface area contributed by atoms with Crippen LogP contribution in [-0.4, -0.2) is 13.2 Å². The Balaban J connectivity index is 2.31. The van der Waals surface area contributed by atoms with Crippen molar-refractivity contribution in [2.24, 2.45) is 5.73 Å². The van der Waals surface area contributed by atoms with E-state index >= 15 is 0 Å². The normalized spacial score (nSPS) is 11.4. The molecule has 0 radical (unpaired) electrons. The van der Waals surface area contributed by atoms with Gasteiger partial charge in [0.25, 0.3) is 0 Å². The zero-order valence-electron chi connectivity index (χ0n) is 14.0. The Bertz CT molecular complexity index is 729. The van der Waals surface area contributed by atoms with Crippen molar-refractivity contribution >= 4 is 0 Å². The minimum atomic E-state index is -0.659. The van der Waals surface area contributed by atoms with E-state index in [2.05, 4.69) is 79.7 Å². The summed E-state index contributed by atoms with van der Waals surface area (Å²) in [5.41, 5.74) is 9.69. The number of hydrogen-bond donors (Lipinski definition) is 1. The first-order chi connectivity index (χ1) is 11.8. The number of hydrogen-bond acceptors (Lipinski definition) is 2. The molecule has 0 unspecified atom stereocenters. The van der Waals surface area contributed by atoms with Gasteiger partial charge in [0.2, 0.25) is 0 Å². The van der Waals surface area contributed by atoms with E-state index in [0.29, 0.717) is 13.2 Å². The van der Waals surface area contributed by atoms with Crippen LogP contribution in [-0.2, 0) is 10.3 Å². The highest BCUT2D eigenvalue weighted by atomic mass is 16.5. The summed E-state index contributed by atoms with van der Waals surface area (Å²) in [6.45, 7) is 3.09. The van der Waals surface area contributed by atoms with Gasteiger partial charge < -0.3 is 10.5 Å². The molecule has 3 aromatic carbocycles. The largest absolute Gasteiger partial charge is 0.360 e. The van der Waals surface area contributed by atoms with Crippen molar-refractivity contribution in [2.75, 3.05) is 13.2 Å². The molecular weight excluding hydrogens is 294 g/mol. The molecule has 122 valence electrons. The highest BCUT2D eigenvalue weighted by Crippen LogP contribution is 2.41. The monoisotopic (exact) mass is 317 g/mol. The molecule has 0 heterocycles. The fourth-order valence-electron chi connectivity index (χ4n) is 3.25. The molecule has 0 aliphatic heterocycles. The lowest BCUT2D eigenvalue weighted by molar-refractivity contribution is 0.0175. The fraction of sp³-hybridized carbons (Fsp3) is 0.182. The standard InChI is InChI=1S/C22H23NO/c1-18-10-8-9-15-21(18)22(24-17-16-23,19-11-4-2-5-12-19)20-13-6-3-7-14-20/h2-15H,16-17,23H2,1H3. The van der Waals surface area contributed by atoms with Gasteiger partial charge in [0.15, 0.2) is 0 Å². The van der Waals surface area contributed by atoms with Crippen LogP contribution >= 0.6 is 0 Å². The fourth-order valence-corrected chi connectivity index (χ4v) is 3.25. The molecule has 0 saturated carbocycles. The predicted octanol–water partition coefficient (Wildman–Crippen LogP) is 4.26. The molecule has 0 aliphatic rings. The van der Waals surface area contributed by atoms with Crippen molar-refractivity contribution in [3.05, 3.63) is 107 Å². The Labute approximate surface area is 143 Å². The zero-order chi connectivity index (χ0) is 16.8. The summed E-state index contributed by atoms with van der Waals surface area (Å²) in [7, 11) is 0. The molecule has 24 heavy (non-hydrogen) atoms. The number of aryl methyl sites for hydroxylation is 1. The van der Waals surface area contributed by atoms with Crippen LogP contribution in [0.5, 0.6) is 0 Å². The highest BCUT2D eigenvalue weighted by molar-refractivity contribution is 5.50. The molecule has 2 N–H and O–H groups in total. The van der Waals surface area contributed by atoms with Gasteiger partial charge in [0.1, 0.15) is 5.60 Å². The van der Waals surface area contributed by atoms with Gasteiger partial charge >= 0.3 is 0 Å². The van der Waals surface area contributed by atoms with Crippen LogP contribution in [0.25, 0.3) is 0 Å². The molecule has 0 bridgehead atoms. The Morgan fingerprint density at radius 1 is 0.750 bits per heavy atom. The van der Waals surface area contributed by atoms with Gasteiger partial charge in [0.05, 0.1) is 6.61 Å². The van der Waals surface area contributed by atoms with E-state index in [0.717, 1.165) is 16.7 Å². The molecule has 0 aliphatic carbocycles. The highest BCUT2D eigenvalue weighted by Gasteiger charge is 2.38. The van der Waals surface area contributed by atoms with Gasteiger partial charge in [0, 0.05) is 6.54 Å². The SMILES string of the molecule is Cc1ccccc1C(OCCN)(c1ccccc1)c1ccccc1.